The molecule has 1 heterocycles. The fourth-order valence-corrected chi connectivity index (χ4v) is 5.60. The lowest BCUT2D eigenvalue weighted by molar-refractivity contribution is 0.182. The molecule has 1 aliphatic heterocycles. The minimum atomic E-state index is -1.03. The van der Waals surface area contributed by atoms with Crippen LogP contribution < -0.4 is 5.43 Å². The van der Waals surface area contributed by atoms with E-state index in [1.807, 2.05) is 13.8 Å². The first-order valence-electron chi connectivity index (χ1n) is 12.5. The Kier molecular flexibility index (Phi) is 11.0. The highest BCUT2D eigenvalue weighted by molar-refractivity contribution is 7.44. The molecule has 36 heavy (non-hydrogen) atoms. The van der Waals surface area contributed by atoms with Crippen molar-refractivity contribution in [2.24, 2.45) is 0 Å². The van der Waals surface area contributed by atoms with E-state index in [1.165, 1.54) is 11.1 Å². The molecule has 0 N–H and O–H groups in total. The summed E-state index contributed by atoms with van der Waals surface area (Å²) in [5.74, 6) is 0.593. The normalized spacial score (nSPS) is 12.3. The fourth-order valence-electron chi connectivity index (χ4n) is 4.04. The smallest absolute Gasteiger partial charge is 0.259 e. The van der Waals surface area contributed by atoms with E-state index >= 15 is 0 Å². The summed E-state index contributed by atoms with van der Waals surface area (Å²) in [5, 5.41) is 8.49. The van der Waals surface area contributed by atoms with Crippen LogP contribution in [0, 0.1) is 45.9 Å². The van der Waals surface area contributed by atoms with Gasteiger partial charge in [-0.1, -0.05) is 0 Å². The van der Waals surface area contributed by atoms with E-state index in [0.29, 0.717) is 43.0 Å². The van der Waals surface area contributed by atoms with Crippen LogP contribution >= 0.6 is 8.53 Å². The minimum Gasteiger partial charge on any atom is -0.452 e. The predicted octanol–water partition coefficient (Wildman–Crippen LogP) is 7.13. The van der Waals surface area contributed by atoms with E-state index in [-0.39, 0.29) is 5.43 Å². The highest BCUT2D eigenvalue weighted by Gasteiger charge is 2.26. The molecule has 0 bridgehead atoms. The third-order valence-corrected chi connectivity index (χ3v) is 8.46. The van der Waals surface area contributed by atoms with Crippen molar-refractivity contribution in [1.82, 2.24) is 9.65 Å². The van der Waals surface area contributed by atoms with Gasteiger partial charge in [0.05, 0.1) is 25.7 Å². The zero-order valence-electron chi connectivity index (χ0n) is 23.4. The minimum absolute atomic E-state index is 0.0133. The quantitative estimate of drug-likeness (QED) is 0.180. The molecule has 3 rings (SSSR count). The predicted molar refractivity (Wildman–Crippen MR) is 147 cm³/mol. The first-order chi connectivity index (χ1) is 17.0. The van der Waals surface area contributed by atoms with Crippen LogP contribution in [0.15, 0.2) is 21.3 Å². The van der Waals surface area contributed by atoms with Crippen LogP contribution in [0.1, 0.15) is 68.9 Å². The molecule has 1 aromatic rings. The lowest BCUT2D eigenvalue weighted by atomic mass is 9.97. The van der Waals surface area contributed by atoms with E-state index < -0.39 is 8.53 Å². The zero-order valence-corrected chi connectivity index (χ0v) is 24.2. The second kappa shape index (κ2) is 13.3. The van der Waals surface area contributed by atoms with Crippen molar-refractivity contribution in [2.75, 3.05) is 13.2 Å². The van der Waals surface area contributed by atoms with Crippen molar-refractivity contribution in [2.45, 2.75) is 87.7 Å². The SMILES string of the molecule is CCOP(OCCC#N)N(C(C)C)C(C)C.Cc1c(C)c(C)c2oc3c(C)c(=O)ccc-3nc2c1C. The van der Waals surface area contributed by atoms with E-state index in [9.17, 15) is 4.79 Å². The molecule has 0 amide bonds. The van der Waals surface area contributed by atoms with Crippen molar-refractivity contribution >= 4 is 19.6 Å². The van der Waals surface area contributed by atoms with Crippen molar-refractivity contribution in [3.63, 3.8) is 0 Å². The van der Waals surface area contributed by atoms with E-state index in [2.05, 4.69) is 59.2 Å². The number of hydrogen-bond donors (Lipinski definition) is 0. The summed E-state index contributed by atoms with van der Waals surface area (Å²) in [6.07, 6.45) is 0.413. The molecule has 0 aromatic heterocycles. The molecular formula is C28H40N3O4P. The Labute approximate surface area is 216 Å². The molecule has 1 unspecified atom stereocenters. The first-order valence-corrected chi connectivity index (χ1v) is 13.6. The van der Waals surface area contributed by atoms with E-state index in [4.69, 9.17) is 23.7 Å². The first kappa shape index (κ1) is 29.9. The molecule has 2 aliphatic rings. The number of nitrogens with zero attached hydrogens (tertiary/aromatic N) is 3. The Morgan fingerprint density at radius 3 is 2.14 bits per heavy atom. The Balaban J connectivity index is 0.000000262. The van der Waals surface area contributed by atoms with Gasteiger partial charge in [0.15, 0.2) is 16.8 Å². The van der Waals surface area contributed by atoms with Gasteiger partial charge in [0.25, 0.3) is 8.53 Å². The monoisotopic (exact) mass is 513 g/mol. The van der Waals surface area contributed by atoms with Crippen LogP contribution in [0.25, 0.3) is 22.6 Å². The molecule has 1 atom stereocenters. The molecule has 8 heteroatoms. The topological polar surface area (TPSA) is 88.6 Å². The van der Waals surface area contributed by atoms with Gasteiger partial charge in [-0.3, -0.25) is 4.79 Å². The molecule has 7 nitrogen and oxygen atoms in total. The molecule has 0 saturated heterocycles. The molecule has 196 valence electrons. The molecule has 1 aliphatic carbocycles. The highest BCUT2D eigenvalue weighted by Crippen LogP contribution is 2.45. The molecule has 0 spiro atoms. The van der Waals surface area contributed by atoms with Gasteiger partial charge in [-0.05, 0) is 104 Å². The lowest BCUT2D eigenvalue weighted by Crippen LogP contribution is -2.33. The number of fused-ring (bicyclic) bond motifs is 2. The number of benzene rings is 2. The summed E-state index contributed by atoms with van der Waals surface area (Å²) >= 11 is 0. The van der Waals surface area contributed by atoms with Gasteiger partial charge < -0.3 is 13.5 Å². The average Bonchev–Trinajstić information content (AvgIpc) is 2.83. The van der Waals surface area contributed by atoms with Crippen LogP contribution in [-0.4, -0.2) is 35.0 Å². The highest BCUT2D eigenvalue weighted by atomic mass is 31.2. The van der Waals surface area contributed by atoms with Crippen LogP contribution in [0.3, 0.4) is 0 Å². The van der Waals surface area contributed by atoms with Gasteiger partial charge in [-0.15, -0.1) is 0 Å². The Bertz CT molecular complexity index is 1240. The zero-order chi connectivity index (χ0) is 27.2. The van der Waals surface area contributed by atoms with Gasteiger partial charge in [0, 0.05) is 17.6 Å². The molecule has 0 radical (unpaired) electrons. The summed E-state index contributed by atoms with van der Waals surface area (Å²) in [5.41, 5.74) is 7.70. The Hall–Kier alpha value is -2.36. The Morgan fingerprint density at radius 1 is 0.972 bits per heavy atom. The molecule has 0 fully saturated rings. The maximum atomic E-state index is 11.8. The summed E-state index contributed by atoms with van der Waals surface area (Å²) in [7, 11) is -1.03. The van der Waals surface area contributed by atoms with Crippen molar-refractivity contribution in [1.29, 1.82) is 5.26 Å². The third kappa shape index (κ3) is 6.69. The standard InChI is InChI=1S/C17H17NO2.C11H23N2O2P/c1-8-9(2)11(4)17-15(10(8)3)18-13-6-7-14(19)12(5)16(13)20-17;1-6-14-16(15-9-7-8-12)13(10(2)3)11(4)5/h6-7H,1-5H3;10-11H,6-7,9H2,1-5H3. The van der Waals surface area contributed by atoms with E-state index in [1.54, 1.807) is 19.1 Å². The number of hydrogen-bond acceptors (Lipinski definition) is 7. The third-order valence-electron chi connectivity index (χ3n) is 6.27. The maximum absolute atomic E-state index is 11.8. The molecular weight excluding hydrogens is 473 g/mol. The van der Waals surface area contributed by atoms with Gasteiger partial charge in [0.1, 0.15) is 11.2 Å². The molecule has 0 saturated carbocycles. The van der Waals surface area contributed by atoms with Gasteiger partial charge >= 0.3 is 0 Å². The second-order valence-electron chi connectivity index (χ2n) is 9.39. The van der Waals surface area contributed by atoms with Gasteiger partial charge in [-0.25, -0.2) is 9.65 Å². The van der Waals surface area contributed by atoms with Crippen LogP contribution in [0.2, 0.25) is 0 Å². The van der Waals surface area contributed by atoms with Crippen LogP contribution in [0.5, 0.6) is 0 Å². The number of nitriles is 1. The summed E-state index contributed by atoms with van der Waals surface area (Å²) in [6.45, 7) is 21.6. The van der Waals surface area contributed by atoms with Crippen molar-refractivity contribution in [3.05, 3.63) is 50.2 Å². The number of aromatic nitrogens is 1. The number of aryl methyl sites for hydroxylation is 2. The maximum Gasteiger partial charge on any atom is 0.259 e. The lowest BCUT2D eigenvalue weighted by Gasteiger charge is -2.35. The summed E-state index contributed by atoms with van der Waals surface area (Å²) in [4.78, 5) is 16.5. The second-order valence-corrected chi connectivity index (χ2v) is 10.8. The number of rotatable bonds is 8. The van der Waals surface area contributed by atoms with Crippen LogP contribution in [-0.2, 0) is 9.05 Å². The fraction of sp³-hybridized carbons (Fsp3) is 0.536. The molecule has 1 aromatic carbocycles. The van der Waals surface area contributed by atoms with Gasteiger partial charge in [-0.2, -0.15) is 5.26 Å². The van der Waals surface area contributed by atoms with Crippen LogP contribution in [0.4, 0.5) is 0 Å². The Morgan fingerprint density at radius 2 is 1.58 bits per heavy atom. The summed E-state index contributed by atoms with van der Waals surface area (Å²) in [6, 6.07) is 6.11. The van der Waals surface area contributed by atoms with Crippen molar-refractivity contribution in [3.8, 4) is 17.5 Å². The average molecular weight is 514 g/mol. The van der Waals surface area contributed by atoms with E-state index in [0.717, 1.165) is 27.9 Å². The van der Waals surface area contributed by atoms with Gasteiger partial charge in [0.2, 0.25) is 0 Å². The summed E-state index contributed by atoms with van der Waals surface area (Å²) < 4.78 is 19.5. The largest absolute Gasteiger partial charge is 0.452 e. The van der Waals surface area contributed by atoms with Crippen molar-refractivity contribution < 1.29 is 13.5 Å².